The van der Waals surface area contributed by atoms with Gasteiger partial charge in [-0.15, -0.1) is 0 Å². The molecule has 0 aliphatic heterocycles. The number of aromatic nitrogens is 1. The number of benzene rings is 2. The van der Waals surface area contributed by atoms with Crippen molar-refractivity contribution in [2.45, 2.75) is 40.8 Å². The third-order valence-electron chi connectivity index (χ3n) is 5.22. The summed E-state index contributed by atoms with van der Waals surface area (Å²) in [7, 11) is 1.61. The van der Waals surface area contributed by atoms with Gasteiger partial charge in [0.1, 0.15) is 18.1 Å². The first kappa shape index (κ1) is 23.2. The average molecular weight is 439 g/mol. The maximum absolute atomic E-state index is 13.2. The van der Waals surface area contributed by atoms with Crippen molar-refractivity contribution in [2.75, 3.05) is 20.3 Å². The lowest BCUT2D eigenvalue weighted by Crippen LogP contribution is -2.30. The Kier molecular flexibility index (Phi) is 7.76. The van der Waals surface area contributed by atoms with E-state index < -0.39 is 0 Å². The standard InChI is InChI=1S/C25H30N2O5/c1-6-27(15-19-11-12-23(30-7-2)24(13-19)29-5)25(28)20-9-8-10-21(14-20)31-16-22-17(3)26-32-18(22)4/h8-14H,6-7,15-16H2,1-5H3. The van der Waals surface area contributed by atoms with Crippen molar-refractivity contribution in [1.29, 1.82) is 0 Å². The van der Waals surface area contributed by atoms with E-state index in [9.17, 15) is 4.79 Å². The van der Waals surface area contributed by atoms with E-state index in [1.165, 1.54) is 0 Å². The minimum atomic E-state index is -0.0665. The third-order valence-corrected chi connectivity index (χ3v) is 5.22. The molecule has 0 aliphatic rings. The van der Waals surface area contributed by atoms with Gasteiger partial charge in [-0.05, 0) is 63.6 Å². The van der Waals surface area contributed by atoms with Gasteiger partial charge in [-0.2, -0.15) is 0 Å². The summed E-state index contributed by atoms with van der Waals surface area (Å²) >= 11 is 0. The molecule has 3 aromatic rings. The van der Waals surface area contributed by atoms with Gasteiger partial charge in [-0.25, -0.2) is 0 Å². The monoisotopic (exact) mass is 438 g/mol. The number of carbonyl (C=O) groups is 1. The van der Waals surface area contributed by atoms with Crippen LogP contribution in [0, 0.1) is 13.8 Å². The van der Waals surface area contributed by atoms with Crippen LogP contribution in [-0.2, 0) is 13.2 Å². The summed E-state index contributed by atoms with van der Waals surface area (Å²) in [4.78, 5) is 15.0. The molecule has 0 saturated carbocycles. The summed E-state index contributed by atoms with van der Waals surface area (Å²) in [6.45, 7) is 9.55. The van der Waals surface area contributed by atoms with Crippen molar-refractivity contribution in [1.82, 2.24) is 10.1 Å². The van der Waals surface area contributed by atoms with Crippen LogP contribution in [0.5, 0.6) is 17.2 Å². The molecule has 0 spiro atoms. The van der Waals surface area contributed by atoms with E-state index in [0.29, 0.717) is 49.1 Å². The SMILES string of the molecule is CCOc1ccc(CN(CC)C(=O)c2cccc(OCc3c(C)noc3C)c2)cc1OC. The molecule has 170 valence electrons. The molecule has 3 rings (SSSR count). The molecule has 7 heteroatoms. The summed E-state index contributed by atoms with van der Waals surface area (Å²) in [5.74, 6) is 2.63. The number of nitrogens with zero attached hydrogens (tertiary/aromatic N) is 2. The van der Waals surface area contributed by atoms with Crippen molar-refractivity contribution in [2.24, 2.45) is 0 Å². The molecule has 32 heavy (non-hydrogen) atoms. The second kappa shape index (κ2) is 10.7. The fourth-order valence-corrected chi connectivity index (χ4v) is 3.40. The van der Waals surface area contributed by atoms with Crippen molar-refractivity contribution in [3.63, 3.8) is 0 Å². The molecule has 0 radical (unpaired) electrons. The predicted octanol–water partition coefficient (Wildman–Crippen LogP) is 4.94. The number of amides is 1. The Bertz CT molecular complexity index is 1040. The average Bonchev–Trinajstić information content (AvgIpc) is 3.13. The maximum Gasteiger partial charge on any atom is 0.254 e. The van der Waals surface area contributed by atoms with E-state index in [1.54, 1.807) is 24.1 Å². The molecule has 0 bridgehead atoms. The fraction of sp³-hybridized carbons (Fsp3) is 0.360. The molecular formula is C25H30N2O5. The lowest BCUT2D eigenvalue weighted by molar-refractivity contribution is 0.0752. The van der Waals surface area contributed by atoms with Crippen molar-refractivity contribution < 1.29 is 23.5 Å². The van der Waals surface area contributed by atoms with E-state index >= 15 is 0 Å². The fourth-order valence-electron chi connectivity index (χ4n) is 3.40. The van der Waals surface area contributed by atoms with Gasteiger partial charge in [0.15, 0.2) is 11.5 Å². The van der Waals surface area contributed by atoms with Gasteiger partial charge < -0.3 is 23.6 Å². The topological polar surface area (TPSA) is 74.0 Å². The van der Waals surface area contributed by atoms with Crippen molar-refractivity contribution in [3.05, 3.63) is 70.6 Å². The lowest BCUT2D eigenvalue weighted by atomic mass is 10.1. The summed E-state index contributed by atoms with van der Waals surface area (Å²) in [5, 5.41) is 3.94. The zero-order valence-electron chi connectivity index (χ0n) is 19.3. The molecule has 7 nitrogen and oxygen atoms in total. The molecule has 0 atom stereocenters. The molecule has 1 amide bonds. The second-order valence-electron chi connectivity index (χ2n) is 7.36. The number of aryl methyl sites for hydroxylation is 2. The molecule has 0 N–H and O–H groups in total. The quantitative estimate of drug-likeness (QED) is 0.446. The minimum absolute atomic E-state index is 0.0665. The first-order valence-corrected chi connectivity index (χ1v) is 10.7. The van der Waals surface area contributed by atoms with Crippen LogP contribution in [0.2, 0.25) is 0 Å². The van der Waals surface area contributed by atoms with Gasteiger partial charge in [0, 0.05) is 18.7 Å². The molecule has 0 unspecified atom stereocenters. The van der Waals surface area contributed by atoms with Gasteiger partial charge >= 0.3 is 0 Å². The number of carbonyl (C=O) groups excluding carboxylic acids is 1. The van der Waals surface area contributed by atoms with Crippen LogP contribution >= 0.6 is 0 Å². The van der Waals surface area contributed by atoms with Crippen LogP contribution in [0.1, 0.15) is 46.8 Å². The van der Waals surface area contributed by atoms with E-state index in [-0.39, 0.29) is 5.91 Å². The second-order valence-corrected chi connectivity index (χ2v) is 7.36. The lowest BCUT2D eigenvalue weighted by Gasteiger charge is -2.22. The summed E-state index contributed by atoms with van der Waals surface area (Å²) < 4.78 is 22.1. The molecule has 1 aromatic heterocycles. The maximum atomic E-state index is 13.2. The highest BCUT2D eigenvalue weighted by Gasteiger charge is 2.17. The number of rotatable bonds is 10. The van der Waals surface area contributed by atoms with E-state index in [1.807, 2.05) is 58.0 Å². The molecule has 0 fully saturated rings. The number of hydrogen-bond donors (Lipinski definition) is 0. The van der Waals surface area contributed by atoms with Gasteiger partial charge in [-0.3, -0.25) is 4.79 Å². The Morgan fingerprint density at radius 2 is 1.88 bits per heavy atom. The smallest absolute Gasteiger partial charge is 0.254 e. The highest BCUT2D eigenvalue weighted by molar-refractivity contribution is 5.94. The van der Waals surface area contributed by atoms with E-state index in [2.05, 4.69) is 5.16 Å². The number of methoxy groups -OCH3 is 1. The minimum Gasteiger partial charge on any atom is -0.493 e. The van der Waals surface area contributed by atoms with Crippen LogP contribution in [0.4, 0.5) is 0 Å². The Morgan fingerprint density at radius 1 is 1.06 bits per heavy atom. The Balaban J connectivity index is 1.72. The van der Waals surface area contributed by atoms with E-state index in [4.69, 9.17) is 18.7 Å². The van der Waals surface area contributed by atoms with Crippen LogP contribution in [0.3, 0.4) is 0 Å². The summed E-state index contributed by atoms with van der Waals surface area (Å²) in [6, 6.07) is 13.0. The normalized spacial score (nSPS) is 10.7. The summed E-state index contributed by atoms with van der Waals surface area (Å²) in [6.07, 6.45) is 0. The molecular weight excluding hydrogens is 408 g/mol. The van der Waals surface area contributed by atoms with Crippen LogP contribution in [0.25, 0.3) is 0 Å². The van der Waals surface area contributed by atoms with Gasteiger partial charge in [0.05, 0.1) is 25.0 Å². The zero-order chi connectivity index (χ0) is 23.1. The van der Waals surface area contributed by atoms with Crippen LogP contribution in [0.15, 0.2) is 47.0 Å². The van der Waals surface area contributed by atoms with Crippen LogP contribution < -0.4 is 14.2 Å². The number of hydrogen-bond acceptors (Lipinski definition) is 6. The Hall–Kier alpha value is -3.48. The van der Waals surface area contributed by atoms with E-state index in [0.717, 1.165) is 22.6 Å². The number of ether oxygens (including phenoxy) is 3. The Morgan fingerprint density at radius 3 is 2.53 bits per heavy atom. The van der Waals surface area contributed by atoms with Gasteiger partial charge in [-0.1, -0.05) is 17.3 Å². The summed E-state index contributed by atoms with van der Waals surface area (Å²) in [5.41, 5.74) is 3.26. The molecule has 1 heterocycles. The van der Waals surface area contributed by atoms with Crippen LogP contribution in [-0.4, -0.2) is 36.2 Å². The third kappa shape index (κ3) is 5.41. The molecule has 0 aliphatic carbocycles. The molecule has 0 saturated heterocycles. The van der Waals surface area contributed by atoms with Crippen molar-refractivity contribution in [3.8, 4) is 17.2 Å². The zero-order valence-corrected chi connectivity index (χ0v) is 19.3. The van der Waals surface area contributed by atoms with Gasteiger partial charge in [0.25, 0.3) is 5.91 Å². The first-order valence-electron chi connectivity index (χ1n) is 10.7. The molecule has 2 aromatic carbocycles. The highest BCUT2D eigenvalue weighted by Crippen LogP contribution is 2.29. The first-order chi connectivity index (χ1) is 15.5. The predicted molar refractivity (Wildman–Crippen MR) is 121 cm³/mol. The van der Waals surface area contributed by atoms with Gasteiger partial charge in [0.2, 0.25) is 0 Å². The highest BCUT2D eigenvalue weighted by atomic mass is 16.5. The van der Waals surface area contributed by atoms with Crippen molar-refractivity contribution >= 4 is 5.91 Å². The Labute approximate surface area is 188 Å². The largest absolute Gasteiger partial charge is 0.493 e.